The summed E-state index contributed by atoms with van der Waals surface area (Å²) in [5.41, 5.74) is 2.40. The van der Waals surface area contributed by atoms with E-state index in [0.717, 1.165) is 16.6 Å². The van der Waals surface area contributed by atoms with Gasteiger partial charge in [0.25, 0.3) is 0 Å². The Balaban J connectivity index is 1.76. The molecule has 0 N–H and O–H groups in total. The first-order valence-corrected chi connectivity index (χ1v) is 8.51. The molecule has 1 saturated heterocycles. The van der Waals surface area contributed by atoms with Crippen molar-refractivity contribution in [3.63, 3.8) is 0 Å². The number of benzene rings is 2. The van der Waals surface area contributed by atoms with Crippen molar-refractivity contribution in [2.45, 2.75) is 52.4 Å². The molecule has 3 rings (SSSR count). The van der Waals surface area contributed by atoms with Crippen LogP contribution in [-0.2, 0) is 15.9 Å². The molecule has 0 atom stereocenters. The minimum absolute atomic E-state index is 0.272. The van der Waals surface area contributed by atoms with Gasteiger partial charge >= 0.3 is 7.12 Å². The van der Waals surface area contributed by atoms with E-state index in [2.05, 4.69) is 6.07 Å². The molecule has 0 radical (unpaired) electrons. The van der Waals surface area contributed by atoms with E-state index in [1.807, 2.05) is 46.8 Å². The van der Waals surface area contributed by atoms with Gasteiger partial charge in [-0.05, 0) is 69.9 Å². The summed E-state index contributed by atoms with van der Waals surface area (Å²) in [5.74, 6) is 0.366. The van der Waals surface area contributed by atoms with E-state index in [-0.39, 0.29) is 17.0 Å². The topological polar surface area (TPSA) is 27.7 Å². The number of aryl methyl sites for hydroxylation is 1. The molecular weight excluding hydrogens is 318 g/mol. The highest BCUT2D eigenvalue weighted by molar-refractivity contribution is 6.62. The molecule has 25 heavy (non-hydrogen) atoms. The first-order valence-electron chi connectivity index (χ1n) is 8.51. The average Bonchev–Trinajstić information content (AvgIpc) is 2.76. The van der Waals surface area contributed by atoms with E-state index in [4.69, 9.17) is 14.0 Å². The van der Waals surface area contributed by atoms with Crippen molar-refractivity contribution in [1.29, 1.82) is 0 Å². The minimum Gasteiger partial charge on any atom is -0.489 e. The Morgan fingerprint density at radius 2 is 1.56 bits per heavy atom. The third-order valence-corrected chi connectivity index (χ3v) is 5.07. The van der Waals surface area contributed by atoms with E-state index in [9.17, 15) is 4.39 Å². The van der Waals surface area contributed by atoms with Crippen molar-refractivity contribution < 1.29 is 18.4 Å². The fourth-order valence-corrected chi connectivity index (χ4v) is 2.70. The highest BCUT2D eigenvalue weighted by Gasteiger charge is 2.52. The molecule has 0 aliphatic carbocycles. The smallest absolute Gasteiger partial charge is 0.489 e. The Morgan fingerprint density at radius 1 is 0.960 bits per heavy atom. The summed E-state index contributed by atoms with van der Waals surface area (Å²) in [6.45, 7) is 10.6. The molecule has 1 aliphatic rings. The molecule has 132 valence electrons. The zero-order valence-electron chi connectivity index (χ0n) is 15.4. The summed E-state index contributed by atoms with van der Waals surface area (Å²) in [4.78, 5) is 0. The Morgan fingerprint density at radius 3 is 2.16 bits per heavy atom. The lowest BCUT2D eigenvalue weighted by atomic mass is 9.75. The summed E-state index contributed by atoms with van der Waals surface area (Å²) < 4.78 is 31.0. The van der Waals surface area contributed by atoms with Crippen LogP contribution in [0.3, 0.4) is 0 Å². The summed E-state index contributed by atoms with van der Waals surface area (Å²) >= 11 is 0. The van der Waals surface area contributed by atoms with Gasteiger partial charge in [-0.3, -0.25) is 0 Å². The van der Waals surface area contributed by atoms with Gasteiger partial charge in [0.1, 0.15) is 18.2 Å². The zero-order valence-corrected chi connectivity index (χ0v) is 15.4. The summed E-state index contributed by atoms with van der Waals surface area (Å²) in [6, 6.07) is 12.1. The van der Waals surface area contributed by atoms with Crippen LogP contribution in [-0.4, -0.2) is 18.3 Å². The molecule has 0 amide bonds. The fraction of sp³-hybridized carbons (Fsp3) is 0.400. The predicted octanol–water partition coefficient (Wildman–Crippen LogP) is 4.01. The highest BCUT2D eigenvalue weighted by Crippen LogP contribution is 2.36. The molecule has 0 saturated carbocycles. The SMILES string of the molecule is Cc1ccc(COc2ccc(F)cc2)cc1B1OC(C)(C)C(C)(C)O1. The van der Waals surface area contributed by atoms with Crippen LogP contribution < -0.4 is 10.2 Å². The van der Waals surface area contributed by atoms with Crippen molar-refractivity contribution >= 4 is 12.6 Å². The molecule has 0 unspecified atom stereocenters. The van der Waals surface area contributed by atoms with Crippen molar-refractivity contribution in [2.75, 3.05) is 0 Å². The van der Waals surface area contributed by atoms with E-state index < -0.39 is 7.12 Å². The van der Waals surface area contributed by atoms with E-state index in [0.29, 0.717) is 12.4 Å². The lowest BCUT2D eigenvalue weighted by Crippen LogP contribution is -2.41. The van der Waals surface area contributed by atoms with Crippen LogP contribution in [0.15, 0.2) is 42.5 Å². The van der Waals surface area contributed by atoms with Gasteiger partial charge in [0.05, 0.1) is 11.2 Å². The van der Waals surface area contributed by atoms with Gasteiger partial charge in [-0.15, -0.1) is 0 Å². The maximum Gasteiger partial charge on any atom is 0.495 e. The number of rotatable bonds is 4. The van der Waals surface area contributed by atoms with Crippen molar-refractivity contribution in [2.24, 2.45) is 0 Å². The third-order valence-electron chi connectivity index (χ3n) is 5.07. The first-order chi connectivity index (χ1) is 11.7. The first kappa shape index (κ1) is 18.0. The zero-order chi connectivity index (χ0) is 18.2. The minimum atomic E-state index is -0.393. The van der Waals surface area contributed by atoms with Crippen LogP contribution >= 0.6 is 0 Å². The van der Waals surface area contributed by atoms with Crippen LogP contribution in [0.4, 0.5) is 4.39 Å². The van der Waals surface area contributed by atoms with Gasteiger partial charge in [-0.2, -0.15) is 0 Å². The average molecular weight is 342 g/mol. The Labute approximate surface area is 149 Å². The van der Waals surface area contributed by atoms with E-state index in [1.165, 1.54) is 12.1 Å². The highest BCUT2D eigenvalue weighted by atomic mass is 19.1. The molecule has 3 nitrogen and oxygen atoms in total. The molecule has 5 heteroatoms. The second-order valence-electron chi connectivity index (χ2n) is 7.52. The predicted molar refractivity (Wildman–Crippen MR) is 97.6 cm³/mol. The lowest BCUT2D eigenvalue weighted by Gasteiger charge is -2.32. The molecule has 0 aromatic heterocycles. The largest absolute Gasteiger partial charge is 0.495 e. The van der Waals surface area contributed by atoms with Crippen LogP contribution in [0.5, 0.6) is 5.75 Å². The summed E-state index contributed by atoms with van der Waals surface area (Å²) in [6.07, 6.45) is 0. The molecule has 1 aliphatic heterocycles. The fourth-order valence-electron chi connectivity index (χ4n) is 2.70. The Kier molecular flexibility index (Phi) is 4.65. The van der Waals surface area contributed by atoms with Crippen molar-refractivity contribution in [1.82, 2.24) is 0 Å². The van der Waals surface area contributed by atoms with Gasteiger partial charge in [0.15, 0.2) is 0 Å². The van der Waals surface area contributed by atoms with E-state index >= 15 is 0 Å². The summed E-state index contributed by atoms with van der Waals surface area (Å²) in [5, 5.41) is 0. The molecule has 2 aromatic rings. The molecule has 2 aromatic carbocycles. The third kappa shape index (κ3) is 3.72. The standard InChI is InChI=1S/C20H24BFO3/c1-14-6-7-15(13-23-17-10-8-16(22)9-11-17)12-18(14)21-24-19(2,3)20(4,5)25-21/h6-12H,13H2,1-5H3. The molecular formula is C20H24BFO3. The number of hydrogen-bond donors (Lipinski definition) is 0. The Hall–Kier alpha value is -1.85. The molecule has 1 fully saturated rings. The normalized spacial score (nSPS) is 18.4. The van der Waals surface area contributed by atoms with Crippen LogP contribution in [0.25, 0.3) is 0 Å². The molecule has 0 bridgehead atoms. The van der Waals surface area contributed by atoms with Crippen LogP contribution in [0.2, 0.25) is 0 Å². The maximum absolute atomic E-state index is 13.0. The molecule has 1 heterocycles. The molecule has 0 spiro atoms. The van der Waals surface area contributed by atoms with Crippen LogP contribution in [0, 0.1) is 12.7 Å². The van der Waals surface area contributed by atoms with Crippen molar-refractivity contribution in [3.8, 4) is 5.75 Å². The van der Waals surface area contributed by atoms with Crippen LogP contribution in [0.1, 0.15) is 38.8 Å². The summed E-state index contributed by atoms with van der Waals surface area (Å²) in [7, 11) is -0.393. The van der Waals surface area contributed by atoms with Gasteiger partial charge in [-0.1, -0.05) is 23.8 Å². The Bertz CT molecular complexity index is 740. The number of halogens is 1. The second-order valence-corrected chi connectivity index (χ2v) is 7.52. The van der Waals surface area contributed by atoms with E-state index in [1.54, 1.807) is 12.1 Å². The van der Waals surface area contributed by atoms with Gasteiger partial charge < -0.3 is 14.0 Å². The second kappa shape index (κ2) is 6.47. The maximum atomic E-state index is 13.0. The number of hydrogen-bond acceptors (Lipinski definition) is 3. The number of ether oxygens (including phenoxy) is 1. The van der Waals surface area contributed by atoms with Crippen molar-refractivity contribution in [3.05, 3.63) is 59.4 Å². The van der Waals surface area contributed by atoms with Gasteiger partial charge in [0.2, 0.25) is 0 Å². The van der Waals surface area contributed by atoms with Gasteiger partial charge in [-0.25, -0.2) is 4.39 Å². The monoisotopic (exact) mass is 342 g/mol. The quantitative estimate of drug-likeness (QED) is 0.786. The lowest BCUT2D eigenvalue weighted by molar-refractivity contribution is 0.00578. The van der Waals surface area contributed by atoms with Gasteiger partial charge in [0, 0.05) is 0 Å².